The van der Waals surface area contributed by atoms with E-state index in [9.17, 15) is 18.7 Å². The fraction of sp³-hybridized carbons (Fsp3) is 0.632. The molecule has 1 atom stereocenters. The summed E-state index contributed by atoms with van der Waals surface area (Å²) in [5.41, 5.74) is -0.364. The number of morpholine rings is 1. The van der Waals surface area contributed by atoms with Gasteiger partial charge in [-0.25, -0.2) is 8.78 Å². The summed E-state index contributed by atoms with van der Waals surface area (Å²) in [7, 11) is 0. The second-order valence-corrected chi connectivity index (χ2v) is 7.20. The molecule has 1 amide bonds. The Morgan fingerprint density at radius 3 is 2.46 bits per heavy atom. The van der Waals surface area contributed by atoms with Gasteiger partial charge in [0, 0.05) is 26.2 Å². The summed E-state index contributed by atoms with van der Waals surface area (Å²) in [6.45, 7) is 12.5. The van der Waals surface area contributed by atoms with Crippen LogP contribution in [0.4, 0.5) is 8.78 Å². The molecule has 0 aliphatic carbocycles. The Bertz CT molecular complexity index is 608. The molecule has 0 bridgehead atoms. The van der Waals surface area contributed by atoms with Crippen LogP contribution in [0.1, 0.15) is 33.1 Å². The maximum absolute atomic E-state index is 13.4. The van der Waals surface area contributed by atoms with E-state index in [2.05, 4.69) is 18.1 Å². The van der Waals surface area contributed by atoms with Crippen LogP contribution >= 0.6 is 0 Å². The van der Waals surface area contributed by atoms with Gasteiger partial charge in [-0.05, 0) is 44.8 Å². The van der Waals surface area contributed by atoms with Gasteiger partial charge in [0.25, 0.3) is 5.91 Å². The number of amides is 1. The first-order valence-corrected chi connectivity index (χ1v) is 8.92. The zero-order valence-electron chi connectivity index (χ0n) is 15.6. The van der Waals surface area contributed by atoms with E-state index in [4.69, 9.17) is 4.74 Å². The van der Waals surface area contributed by atoms with Crippen molar-refractivity contribution in [3.8, 4) is 0 Å². The van der Waals surface area contributed by atoms with E-state index >= 15 is 0 Å². The lowest BCUT2D eigenvalue weighted by atomic mass is 9.87. The largest absolute Gasteiger partial charge is 0.358 e. The minimum atomic E-state index is -1.81. The third-order valence-corrected chi connectivity index (χ3v) is 5.10. The van der Waals surface area contributed by atoms with Crippen molar-refractivity contribution in [3.63, 3.8) is 0 Å². The topological polar surface area (TPSA) is 53.0 Å². The predicted molar refractivity (Wildman–Crippen MR) is 95.6 cm³/mol. The van der Waals surface area contributed by atoms with Crippen molar-refractivity contribution in [2.45, 2.75) is 44.5 Å². The number of nitrogens with zero attached hydrogens (tertiary/aromatic N) is 2. The van der Waals surface area contributed by atoms with E-state index in [0.29, 0.717) is 52.0 Å². The van der Waals surface area contributed by atoms with Crippen molar-refractivity contribution in [1.82, 2.24) is 9.80 Å². The molecule has 2 aliphatic rings. The molecule has 0 aromatic heterocycles. The number of hydrogen-bond donors (Lipinski definition) is 1. The number of hydrogen-bond acceptors (Lipinski definition) is 4. The van der Waals surface area contributed by atoms with Crippen LogP contribution in [0.2, 0.25) is 0 Å². The highest BCUT2D eigenvalue weighted by atomic mass is 19.1. The van der Waals surface area contributed by atoms with Gasteiger partial charge in [-0.15, -0.1) is 0 Å². The fourth-order valence-corrected chi connectivity index (χ4v) is 3.66. The number of allylic oxidation sites excluding steroid dienone is 3. The molecule has 2 heterocycles. The molecule has 2 aliphatic heterocycles. The zero-order chi connectivity index (χ0) is 19.5. The monoisotopic (exact) mass is 370 g/mol. The Labute approximate surface area is 153 Å². The van der Waals surface area contributed by atoms with Crippen LogP contribution in [0.15, 0.2) is 36.5 Å². The van der Waals surface area contributed by atoms with Crippen molar-refractivity contribution in [2.75, 3.05) is 32.7 Å². The highest BCUT2D eigenvalue weighted by Crippen LogP contribution is 2.36. The average molecular weight is 370 g/mol. The van der Waals surface area contributed by atoms with Gasteiger partial charge < -0.3 is 19.6 Å². The molecular weight excluding hydrogens is 342 g/mol. The molecule has 1 spiro atoms. The van der Waals surface area contributed by atoms with E-state index in [-0.39, 0.29) is 5.57 Å². The smallest absolute Gasteiger partial charge is 0.282 e. The van der Waals surface area contributed by atoms with Crippen LogP contribution in [0.5, 0.6) is 0 Å². The molecule has 0 aromatic carbocycles. The Kier molecular flexibility index (Phi) is 6.37. The van der Waals surface area contributed by atoms with Crippen LogP contribution in [0, 0.1) is 0 Å². The van der Waals surface area contributed by atoms with Crippen LogP contribution in [0.3, 0.4) is 0 Å². The predicted octanol–water partition coefficient (Wildman–Crippen LogP) is 2.69. The average Bonchev–Trinajstić information content (AvgIpc) is 2.55. The molecular formula is C19H28F2N2O3. The van der Waals surface area contributed by atoms with Gasteiger partial charge in [0.05, 0.1) is 12.1 Å². The Morgan fingerprint density at radius 1 is 1.35 bits per heavy atom. The fourth-order valence-electron chi connectivity index (χ4n) is 3.66. The Balaban J connectivity index is 1.95. The van der Waals surface area contributed by atoms with Gasteiger partial charge in [0.1, 0.15) is 11.7 Å². The van der Waals surface area contributed by atoms with Gasteiger partial charge in [-0.1, -0.05) is 13.2 Å². The molecule has 2 rings (SSSR count). The molecule has 0 aromatic rings. The lowest BCUT2D eigenvalue weighted by molar-refractivity contribution is -0.284. The normalized spacial score (nSPS) is 27.0. The van der Waals surface area contributed by atoms with Crippen molar-refractivity contribution in [1.29, 1.82) is 0 Å². The number of carbonyl (C=O) groups is 1. The number of rotatable bonds is 6. The summed E-state index contributed by atoms with van der Waals surface area (Å²) < 4.78 is 32.1. The van der Waals surface area contributed by atoms with E-state index in [0.717, 1.165) is 6.08 Å². The second kappa shape index (κ2) is 7.98. The summed E-state index contributed by atoms with van der Waals surface area (Å²) in [6.07, 6.45) is 2.71. The Hall–Kier alpha value is -1.57. The number of aliphatic hydroxyl groups is 1. The van der Waals surface area contributed by atoms with Crippen molar-refractivity contribution in [3.05, 3.63) is 36.5 Å². The lowest BCUT2D eigenvalue weighted by Gasteiger charge is -2.51. The molecule has 0 saturated carbocycles. The highest BCUT2D eigenvalue weighted by molar-refractivity contribution is 5.83. The van der Waals surface area contributed by atoms with Gasteiger partial charge in [0.2, 0.25) is 5.79 Å². The van der Waals surface area contributed by atoms with Crippen molar-refractivity contribution in [2.24, 2.45) is 0 Å². The molecule has 26 heavy (non-hydrogen) atoms. The first-order chi connectivity index (χ1) is 12.1. The van der Waals surface area contributed by atoms with Gasteiger partial charge >= 0.3 is 0 Å². The number of piperidine rings is 1. The highest BCUT2D eigenvalue weighted by Gasteiger charge is 2.51. The molecule has 0 radical (unpaired) electrons. The summed E-state index contributed by atoms with van der Waals surface area (Å²) in [5.74, 6) is -3.56. The number of likely N-dealkylation sites (tertiary alicyclic amines) is 1. The molecule has 1 unspecified atom stereocenters. The number of ether oxygens (including phenoxy) is 1. The first kappa shape index (κ1) is 20.7. The third kappa shape index (κ3) is 4.78. The number of halogens is 2. The van der Waals surface area contributed by atoms with Gasteiger partial charge in [-0.2, -0.15) is 0 Å². The summed E-state index contributed by atoms with van der Waals surface area (Å²) in [5, 5.41) is 10.3. The molecule has 1 N–H and O–H groups in total. The summed E-state index contributed by atoms with van der Waals surface area (Å²) in [6, 6.07) is 0. The van der Waals surface area contributed by atoms with Crippen LogP contribution in [-0.4, -0.2) is 64.9 Å². The maximum atomic E-state index is 13.4. The molecule has 7 heteroatoms. The van der Waals surface area contributed by atoms with E-state index in [1.807, 2.05) is 6.92 Å². The number of carbonyl (C=O) groups excluding carboxylic acids is 1. The molecule has 5 nitrogen and oxygen atoms in total. The van der Waals surface area contributed by atoms with Crippen LogP contribution in [0.25, 0.3) is 0 Å². The minimum absolute atomic E-state index is 0.206. The SMILES string of the molecule is C=C(F)/C=C(/CCN1CCC2(CC1)CN(CC)C(=O)C(C)(O)O2)C(=C)F. The number of likely N-dealkylation sites (N-methyl/N-ethyl adjacent to an activating group) is 1. The van der Waals surface area contributed by atoms with Gasteiger partial charge in [0.15, 0.2) is 0 Å². The second-order valence-electron chi connectivity index (χ2n) is 7.20. The zero-order valence-corrected chi connectivity index (χ0v) is 15.6. The maximum Gasteiger partial charge on any atom is 0.282 e. The minimum Gasteiger partial charge on any atom is -0.358 e. The van der Waals surface area contributed by atoms with Crippen molar-refractivity contribution < 1.29 is 23.4 Å². The Morgan fingerprint density at radius 2 is 1.96 bits per heavy atom. The van der Waals surface area contributed by atoms with Crippen LogP contribution < -0.4 is 0 Å². The first-order valence-electron chi connectivity index (χ1n) is 8.92. The van der Waals surface area contributed by atoms with Crippen molar-refractivity contribution >= 4 is 5.91 Å². The third-order valence-electron chi connectivity index (χ3n) is 5.10. The van der Waals surface area contributed by atoms with E-state index in [1.54, 1.807) is 4.90 Å². The summed E-state index contributed by atoms with van der Waals surface area (Å²) >= 11 is 0. The standard InChI is InChI=1S/C19H28F2N2O3/c1-5-23-13-19(26-18(4,25)17(23)24)7-10-22(11-8-19)9-6-16(15(3)21)12-14(2)20/h12,25H,2-3,5-11,13H2,1,4H3/b16-12-. The molecule has 2 fully saturated rings. The lowest BCUT2D eigenvalue weighted by Crippen LogP contribution is -2.66. The molecule has 2 saturated heterocycles. The van der Waals surface area contributed by atoms with E-state index < -0.39 is 28.9 Å². The molecule has 146 valence electrons. The quantitative estimate of drug-likeness (QED) is 0.731. The van der Waals surface area contributed by atoms with Gasteiger partial charge in [-0.3, -0.25) is 4.79 Å². The van der Waals surface area contributed by atoms with Crippen LogP contribution in [-0.2, 0) is 9.53 Å². The van der Waals surface area contributed by atoms with E-state index in [1.165, 1.54) is 6.92 Å². The summed E-state index contributed by atoms with van der Waals surface area (Å²) in [4.78, 5) is 15.9.